The summed E-state index contributed by atoms with van der Waals surface area (Å²) in [4.78, 5) is 1.35. The van der Waals surface area contributed by atoms with Gasteiger partial charge in [-0.15, -0.1) is 0 Å². The van der Waals surface area contributed by atoms with Gasteiger partial charge in [0.15, 0.2) is 0 Å². The summed E-state index contributed by atoms with van der Waals surface area (Å²) >= 11 is 3.17. The Balaban J connectivity index is 2.54. The van der Waals surface area contributed by atoms with Crippen molar-refractivity contribution in [2.24, 2.45) is 0 Å². The number of halogens is 3. The highest BCUT2D eigenvalue weighted by Gasteiger charge is 2.18. The fraction of sp³-hybridized carbons (Fsp3) is 0.133. The van der Waals surface area contributed by atoms with E-state index in [1.165, 1.54) is 24.1 Å². The molecule has 0 saturated heterocycles. The molecule has 5 heteroatoms. The van der Waals surface area contributed by atoms with E-state index in [0.29, 0.717) is 22.1 Å². The molecular weight excluding hydrogens is 326 g/mol. The molecule has 0 heterocycles. The van der Waals surface area contributed by atoms with Crippen molar-refractivity contribution in [3.05, 3.63) is 59.2 Å². The molecule has 0 radical (unpaired) electrons. The third kappa shape index (κ3) is 2.66. The molecule has 0 saturated carbocycles. The Morgan fingerprint density at radius 3 is 2.35 bits per heavy atom. The molecule has 0 unspecified atom stereocenters. The van der Waals surface area contributed by atoms with E-state index in [4.69, 9.17) is 5.26 Å². The van der Waals surface area contributed by atoms with Gasteiger partial charge in [-0.25, -0.2) is 8.78 Å². The quantitative estimate of drug-likeness (QED) is 0.771. The van der Waals surface area contributed by atoms with E-state index in [2.05, 4.69) is 15.9 Å². The summed E-state index contributed by atoms with van der Waals surface area (Å²) < 4.78 is 28.2. The van der Waals surface area contributed by atoms with Gasteiger partial charge in [-0.2, -0.15) is 5.26 Å². The molecule has 0 aliphatic heterocycles. The predicted molar refractivity (Wildman–Crippen MR) is 78.2 cm³/mol. The van der Waals surface area contributed by atoms with Crippen LogP contribution < -0.4 is 4.90 Å². The maximum absolute atomic E-state index is 14.1. The highest BCUT2D eigenvalue weighted by atomic mass is 79.9. The average molecular weight is 337 g/mol. The zero-order chi connectivity index (χ0) is 14.7. The lowest BCUT2D eigenvalue weighted by Crippen LogP contribution is -2.15. The summed E-state index contributed by atoms with van der Waals surface area (Å²) in [6.45, 7) is 0. The number of hydrogen-bond acceptors (Lipinski definition) is 2. The molecule has 0 aliphatic carbocycles. The Morgan fingerprint density at radius 2 is 1.80 bits per heavy atom. The van der Waals surface area contributed by atoms with Crippen LogP contribution in [0.3, 0.4) is 0 Å². The summed E-state index contributed by atoms with van der Waals surface area (Å²) in [6, 6.07) is 11.2. The summed E-state index contributed by atoms with van der Waals surface area (Å²) in [6.07, 6.45) is 0. The van der Waals surface area contributed by atoms with Gasteiger partial charge in [-0.1, -0.05) is 28.1 Å². The van der Waals surface area contributed by atoms with Gasteiger partial charge in [0.25, 0.3) is 0 Å². The summed E-state index contributed by atoms with van der Waals surface area (Å²) in [5, 5.41) is 9.44. The molecule has 0 N–H and O–H groups in total. The Kier molecular flexibility index (Phi) is 4.35. The van der Waals surface area contributed by atoms with Crippen LogP contribution in [-0.4, -0.2) is 7.05 Å². The lowest BCUT2D eigenvalue weighted by atomic mass is 10.1. The second-order valence-corrected chi connectivity index (χ2v) is 4.79. The molecular formula is C15H11BrF2N2. The second-order valence-electron chi connectivity index (χ2n) is 4.23. The molecule has 2 aromatic carbocycles. The predicted octanol–water partition coefficient (Wildman–Crippen LogP) is 4.50. The molecule has 0 bridgehead atoms. The molecule has 0 amide bonds. The minimum absolute atomic E-state index is 0.169. The molecule has 0 fully saturated rings. The number of hydrogen-bond donors (Lipinski definition) is 0. The lowest BCUT2D eigenvalue weighted by Gasteiger charge is -2.22. The van der Waals surface area contributed by atoms with E-state index in [1.807, 2.05) is 6.07 Å². The fourth-order valence-corrected chi connectivity index (χ4v) is 2.32. The van der Waals surface area contributed by atoms with Gasteiger partial charge >= 0.3 is 0 Å². The summed E-state index contributed by atoms with van der Waals surface area (Å²) in [5.74, 6) is -1.32. The average Bonchev–Trinajstić information content (AvgIpc) is 2.46. The molecule has 0 spiro atoms. The van der Waals surface area contributed by atoms with Gasteiger partial charge in [-0.3, -0.25) is 0 Å². The minimum Gasteiger partial charge on any atom is -0.339 e. The number of anilines is 2. The first-order valence-electron chi connectivity index (χ1n) is 5.85. The van der Waals surface area contributed by atoms with Crippen molar-refractivity contribution >= 4 is 27.3 Å². The monoisotopic (exact) mass is 336 g/mol. The fourth-order valence-electron chi connectivity index (χ4n) is 2.00. The van der Waals surface area contributed by atoms with Crippen LogP contribution in [0.5, 0.6) is 0 Å². The van der Waals surface area contributed by atoms with Crippen molar-refractivity contribution in [1.29, 1.82) is 5.26 Å². The third-order valence-corrected chi connectivity index (χ3v) is 3.60. The molecule has 0 aromatic heterocycles. The van der Waals surface area contributed by atoms with Gasteiger partial charge < -0.3 is 4.90 Å². The largest absolute Gasteiger partial charge is 0.339 e. The van der Waals surface area contributed by atoms with Crippen molar-refractivity contribution < 1.29 is 8.78 Å². The van der Waals surface area contributed by atoms with Crippen molar-refractivity contribution in [2.45, 2.75) is 5.33 Å². The zero-order valence-electron chi connectivity index (χ0n) is 10.7. The first kappa shape index (κ1) is 14.5. The first-order valence-corrected chi connectivity index (χ1v) is 6.97. The number of benzene rings is 2. The number of para-hydroxylation sites is 1. The van der Waals surface area contributed by atoms with Gasteiger partial charge in [-0.05, 0) is 29.8 Å². The number of nitriles is 1. The minimum atomic E-state index is -0.658. The van der Waals surface area contributed by atoms with Crippen LogP contribution in [0.4, 0.5) is 20.2 Å². The third-order valence-electron chi connectivity index (χ3n) is 2.95. The molecule has 2 rings (SSSR count). The molecule has 102 valence electrons. The SMILES string of the molecule is CN(c1ccccc1C#N)c1c(F)cc(CBr)cc1F. The van der Waals surface area contributed by atoms with Gasteiger partial charge in [0.05, 0.1) is 11.3 Å². The number of alkyl halides is 1. The molecule has 20 heavy (non-hydrogen) atoms. The smallest absolute Gasteiger partial charge is 0.150 e. The van der Waals surface area contributed by atoms with E-state index in [9.17, 15) is 8.78 Å². The van der Waals surface area contributed by atoms with E-state index >= 15 is 0 Å². The van der Waals surface area contributed by atoms with E-state index < -0.39 is 11.6 Å². The van der Waals surface area contributed by atoms with Crippen molar-refractivity contribution in [3.8, 4) is 6.07 Å². The Labute approximate surface area is 124 Å². The maximum atomic E-state index is 14.1. The molecule has 0 aliphatic rings. The number of rotatable bonds is 3. The summed E-state index contributed by atoms with van der Waals surface area (Å²) in [5.41, 5.74) is 1.17. The van der Waals surface area contributed by atoms with E-state index in [0.717, 1.165) is 0 Å². The van der Waals surface area contributed by atoms with Crippen LogP contribution in [0.2, 0.25) is 0 Å². The Hall–Kier alpha value is -1.93. The Bertz CT molecular complexity index is 657. The standard InChI is InChI=1S/C15H11BrF2N2/c1-20(14-5-3-2-4-11(14)9-19)15-12(17)6-10(8-16)7-13(15)18/h2-7H,8H2,1H3. The normalized spacial score (nSPS) is 10.2. The van der Waals surface area contributed by atoms with Gasteiger partial charge in [0.2, 0.25) is 0 Å². The lowest BCUT2D eigenvalue weighted by molar-refractivity contribution is 0.582. The van der Waals surface area contributed by atoms with Gasteiger partial charge in [0.1, 0.15) is 23.4 Å². The van der Waals surface area contributed by atoms with Gasteiger partial charge in [0, 0.05) is 12.4 Å². The first-order chi connectivity index (χ1) is 9.58. The van der Waals surface area contributed by atoms with Crippen LogP contribution in [0.1, 0.15) is 11.1 Å². The van der Waals surface area contributed by atoms with Crippen LogP contribution in [0, 0.1) is 23.0 Å². The Morgan fingerprint density at radius 1 is 1.20 bits per heavy atom. The highest BCUT2D eigenvalue weighted by Crippen LogP contribution is 2.32. The van der Waals surface area contributed by atoms with Crippen molar-refractivity contribution in [1.82, 2.24) is 0 Å². The van der Waals surface area contributed by atoms with Crippen LogP contribution >= 0.6 is 15.9 Å². The van der Waals surface area contributed by atoms with E-state index in [-0.39, 0.29) is 5.69 Å². The molecule has 2 nitrogen and oxygen atoms in total. The highest BCUT2D eigenvalue weighted by molar-refractivity contribution is 9.08. The number of nitrogens with zero attached hydrogens (tertiary/aromatic N) is 2. The van der Waals surface area contributed by atoms with Crippen LogP contribution in [0.15, 0.2) is 36.4 Å². The van der Waals surface area contributed by atoms with Crippen molar-refractivity contribution in [2.75, 3.05) is 11.9 Å². The zero-order valence-corrected chi connectivity index (χ0v) is 12.3. The van der Waals surface area contributed by atoms with Crippen LogP contribution in [0.25, 0.3) is 0 Å². The van der Waals surface area contributed by atoms with Crippen molar-refractivity contribution in [3.63, 3.8) is 0 Å². The maximum Gasteiger partial charge on any atom is 0.150 e. The second kappa shape index (κ2) is 6.02. The molecule has 0 atom stereocenters. The summed E-state index contributed by atoms with van der Waals surface area (Å²) in [7, 11) is 1.53. The topological polar surface area (TPSA) is 27.0 Å². The van der Waals surface area contributed by atoms with Crippen LogP contribution in [-0.2, 0) is 5.33 Å². The van der Waals surface area contributed by atoms with E-state index in [1.54, 1.807) is 24.3 Å². The molecule has 2 aromatic rings.